The highest BCUT2D eigenvalue weighted by Crippen LogP contribution is 2.28. The summed E-state index contributed by atoms with van der Waals surface area (Å²) in [7, 11) is 0. The van der Waals surface area contributed by atoms with Gasteiger partial charge in [0.15, 0.2) is 0 Å². The van der Waals surface area contributed by atoms with Crippen LogP contribution in [0, 0.1) is 11.8 Å². The Balaban J connectivity index is 0.000000314. The van der Waals surface area contributed by atoms with E-state index in [1.807, 2.05) is 24.3 Å². The highest BCUT2D eigenvalue weighted by molar-refractivity contribution is 6.30. The van der Waals surface area contributed by atoms with Crippen LogP contribution in [0.2, 0.25) is 5.02 Å². The molecule has 0 saturated heterocycles. The van der Waals surface area contributed by atoms with Gasteiger partial charge in [-0.25, -0.2) is 4.98 Å². The van der Waals surface area contributed by atoms with Gasteiger partial charge >= 0.3 is 12.5 Å². The largest absolute Gasteiger partial charge is 0.461 e. The second-order valence-electron chi connectivity index (χ2n) is 7.44. The highest BCUT2D eigenvalue weighted by atomic mass is 35.5. The van der Waals surface area contributed by atoms with Crippen LogP contribution in [0.15, 0.2) is 91.8 Å². The van der Waals surface area contributed by atoms with Crippen molar-refractivity contribution in [2.24, 2.45) is 5.73 Å². The molecule has 190 valence electrons. The van der Waals surface area contributed by atoms with Crippen molar-refractivity contribution in [1.29, 1.82) is 0 Å². The Labute approximate surface area is 214 Å². The number of alkyl halides is 4. The summed E-state index contributed by atoms with van der Waals surface area (Å²) in [6, 6.07) is 19.2. The second-order valence-corrected chi connectivity index (χ2v) is 7.88. The molecule has 0 bridgehead atoms. The van der Waals surface area contributed by atoms with E-state index in [1.165, 1.54) is 23.8 Å². The standard InChI is InChI=1S/C14H10ClN.C11H10F4O.C3H7N/c15-13-9-10-14(16-11-13)8-4-7-12-5-2-1-3-6-12;1-7(2)8-4-3-5-9(6-8)16-11(14,15)10(12)13;1-3(2)4/h1-3,5-6,9-11H,7H2;3-6,10H,1H2,2H3;1,4H2,2H3. The van der Waals surface area contributed by atoms with E-state index in [-0.39, 0.29) is 5.75 Å². The van der Waals surface area contributed by atoms with Crippen LogP contribution < -0.4 is 10.5 Å². The molecule has 0 unspecified atom stereocenters. The van der Waals surface area contributed by atoms with Crippen molar-refractivity contribution in [3.8, 4) is 17.6 Å². The first kappa shape index (κ1) is 30.3. The number of hydrogen-bond donors (Lipinski definition) is 1. The summed E-state index contributed by atoms with van der Waals surface area (Å²) >= 11 is 5.73. The summed E-state index contributed by atoms with van der Waals surface area (Å²) in [6.45, 7) is 10.4. The van der Waals surface area contributed by atoms with Crippen LogP contribution in [0.3, 0.4) is 0 Å². The molecule has 3 nitrogen and oxygen atoms in total. The number of rotatable bonds is 5. The van der Waals surface area contributed by atoms with E-state index in [0.29, 0.717) is 21.9 Å². The lowest BCUT2D eigenvalue weighted by molar-refractivity contribution is -0.253. The molecule has 1 aromatic heterocycles. The number of hydrogen-bond acceptors (Lipinski definition) is 3. The van der Waals surface area contributed by atoms with Gasteiger partial charge in [0.25, 0.3) is 0 Å². The van der Waals surface area contributed by atoms with Crippen LogP contribution >= 0.6 is 11.6 Å². The summed E-state index contributed by atoms with van der Waals surface area (Å²) in [5, 5.41) is 0.633. The number of aromatic nitrogens is 1. The number of nitrogens with two attached hydrogens (primary N) is 1. The van der Waals surface area contributed by atoms with Crippen LogP contribution in [0.4, 0.5) is 17.6 Å². The number of halogens is 5. The average Bonchev–Trinajstić information content (AvgIpc) is 2.81. The van der Waals surface area contributed by atoms with Crippen LogP contribution in [0.25, 0.3) is 5.57 Å². The van der Waals surface area contributed by atoms with Gasteiger partial charge in [0.05, 0.1) is 5.02 Å². The molecule has 0 fully saturated rings. The Hall–Kier alpha value is -3.76. The maximum atomic E-state index is 12.6. The van der Waals surface area contributed by atoms with Gasteiger partial charge in [-0.3, -0.25) is 0 Å². The molecule has 0 radical (unpaired) electrons. The minimum atomic E-state index is -4.48. The third kappa shape index (κ3) is 12.6. The summed E-state index contributed by atoms with van der Waals surface area (Å²) in [6.07, 6.45) is -5.99. The van der Waals surface area contributed by atoms with Gasteiger partial charge in [-0.15, -0.1) is 0 Å². The van der Waals surface area contributed by atoms with Gasteiger partial charge < -0.3 is 10.5 Å². The minimum Gasteiger partial charge on any atom is -0.428 e. The van der Waals surface area contributed by atoms with Crippen molar-refractivity contribution >= 4 is 17.2 Å². The van der Waals surface area contributed by atoms with E-state index in [4.69, 9.17) is 17.3 Å². The number of allylic oxidation sites excluding steroid dienone is 2. The molecule has 2 aromatic carbocycles. The number of pyridine rings is 1. The molecule has 3 rings (SSSR count). The van der Waals surface area contributed by atoms with Crippen molar-refractivity contribution in [3.63, 3.8) is 0 Å². The third-order valence-corrected chi connectivity index (χ3v) is 4.14. The first-order valence-electron chi connectivity index (χ1n) is 10.6. The van der Waals surface area contributed by atoms with Crippen molar-refractivity contribution in [2.75, 3.05) is 0 Å². The highest BCUT2D eigenvalue weighted by Gasteiger charge is 2.43. The average molecular weight is 519 g/mol. The predicted octanol–water partition coefficient (Wildman–Crippen LogP) is 7.76. The van der Waals surface area contributed by atoms with Crippen LogP contribution in [0.1, 0.15) is 30.7 Å². The lowest BCUT2D eigenvalue weighted by Crippen LogP contribution is -2.33. The Morgan fingerprint density at radius 2 is 1.69 bits per heavy atom. The first-order valence-corrected chi connectivity index (χ1v) is 10.9. The zero-order valence-corrected chi connectivity index (χ0v) is 20.7. The quantitative estimate of drug-likeness (QED) is 0.277. The molecule has 0 atom stereocenters. The van der Waals surface area contributed by atoms with Gasteiger partial charge in [0, 0.05) is 12.6 Å². The fourth-order valence-electron chi connectivity index (χ4n) is 2.31. The fourth-order valence-corrected chi connectivity index (χ4v) is 2.42. The number of benzene rings is 2. The molecule has 0 aliphatic rings. The van der Waals surface area contributed by atoms with Gasteiger partial charge in [0.2, 0.25) is 0 Å². The lowest BCUT2D eigenvalue weighted by Gasteiger charge is -2.17. The minimum absolute atomic E-state index is 0.314. The maximum absolute atomic E-state index is 12.6. The molecule has 1 heterocycles. The van der Waals surface area contributed by atoms with Crippen molar-refractivity contribution in [2.45, 2.75) is 32.8 Å². The molecular weight excluding hydrogens is 492 g/mol. The summed E-state index contributed by atoms with van der Waals surface area (Å²) in [5.74, 6) is 5.77. The van der Waals surface area contributed by atoms with E-state index in [2.05, 4.69) is 46.9 Å². The van der Waals surface area contributed by atoms with Crippen LogP contribution in [0.5, 0.6) is 5.75 Å². The van der Waals surface area contributed by atoms with Crippen molar-refractivity contribution < 1.29 is 22.3 Å². The molecular formula is C28H27ClF4N2O. The molecule has 0 saturated carbocycles. The third-order valence-electron chi connectivity index (χ3n) is 3.91. The van der Waals surface area contributed by atoms with Gasteiger partial charge in [-0.2, -0.15) is 17.6 Å². The first-order chi connectivity index (χ1) is 16.9. The van der Waals surface area contributed by atoms with Gasteiger partial charge in [-0.05, 0) is 60.9 Å². The number of ether oxygens (including phenoxy) is 1. The second kappa shape index (κ2) is 15.3. The fraction of sp³-hybridized carbons (Fsp3) is 0.179. The number of nitrogens with zero attached hydrogens (tertiary/aromatic N) is 1. The SMILES string of the molecule is C=C(C)N.C=C(C)c1cccc(OC(F)(F)C(F)F)c1.Clc1ccc(C#CCc2ccccc2)nc1. The lowest BCUT2D eigenvalue weighted by atomic mass is 10.1. The topological polar surface area (TPSA) is 48.1 Å². The molecule has 3 aromatic rings. The smallest absolute Gasteiger partial charge is 0.428 e. The van der Waals surface area contributed by atoms with E-state index in [9.17, 15) is 17.6 Å². The maximum Gasteiger partial charge on any atom is 0.461 e. The van der Waals surface area contributed by atoms with Gasteiger partial charge in [-0.1, -0.05) is 78.7 Å². The molecule has 0 amide bonds. The molecule has 8 heteroatoms. The molecule has 0 spiro atoms. The van der Waals surface area contributed by atoms with Crippen molar-refractivity contribution in [1.82, 2.24) is 4.98 Å². The van der Waals surface area contributed by atoms with E-state index < -0.39 is 12.5 Å². The Morgan fingerprint density at radius 3 is 2.22 bits per heavy atom. The Morgan fingerprint density at radius 1 is 1.06 bits per heavy atom. The van der Waals surface area contributed by atoms with Crippen LogP contribution in [-0.4, -0.2) is 17.5 Å². The van der Waals surface area contributed by atoms with Gasteiger partial charge in [0.1, 0.15) is 11.4 Å². The summed E-state index contributed by atoms with van der Waals surface area (Å²) in [5.41, 5.74) is 8.73. The monoisotopic (exact) mass is 518 g/mol. The van der Waals surface area contributed by atoms with Crippen molar-refractivity contribution in [3.05, 3.63) is 114 Å². The molecule has 0 aliphatic carbocycles. The molecule has 36 heavy (non-hydrogen) atoms. The normalized spacial score (nSPS) is 10.0. The molecule has 0 aliphatic heterocycles. The van der Waals surface area contributed by atoms with E-state index in [0.717, 1.165) is 12.1 Å². The van der Waals surface area contributed by atoms with Crippen LogP contribution in [-0.2, 0) is 6.42 Å². The molecule has 2 N–H and O–H groups in total. The Bertz CT molecular complexity index is 1170. The van der Waals surface area contributed by atoms with E-state index >= 15 is 0 Å². The summed E-state index contributed by atoms with van der Waals surface area (Å²) < 4.78 is 52.8. The van der Waals surface area contributed by atoms with E-state index in [1.54, 1.807) is 32.2 Å². The zero-order valence-electron chi connectivity index (χ0n) is 19.9. The zero-order chi connectivity index (χ0) is 27.1. The Kier molecular flexibility index (Phi) is 12.8. The predicted molar refractivity (Wildman–Crippen MR) is 138 cm³/mol. The summed E-state index contributed by atoms with van der Waals surface area (Å²) in [4.78, 5) is 4.10.